The Hall–Kier alpha value is -1.33. The van der Waals surface area contributed by atoms with Crippen molar-refractivity contribution in [2.45, 2.75) is 0 Å². The molecule has 0 saturated heterocycles. The zero-order valence-electron chi connectivity index (χ0n) is 8.20. The highest BCUT2D eigenvalue weighted by Crippen LogP contribution is 2.35. The lowest BCUT2D eigenvalue weighted by atomic mass is 10.2. The second kappa shape index (κ2) is 3.61. The van der Waals surface area contributed by atoms with E-state index < -0.39 is 0 Å². The quantitative estimate of drug-likeness (QED) is 0.720. The summed E-state index contributed by atoms with van der Waals surface area (Å²) in [6, 6.07) is 8.35. The molecule has 0 amide bonds. The van der Waals surface area contributed by atoms with Gasteiger partial charge in [-0.05, 0) is 23.6 Å². The molecule has 0 unspecified atom stereocenters. The van der Waals surface area contributed by atoms with E-state index >= 15 is 0 Å². The maximum absolute atomic E-state index is 5.83. The van der Waals surface area contributed by atoms with Crippen molar-refractivity contribution in [3.05, 3.63) is 34.9 Å². The number of nitrogens with one attached hydrogen (secondary N) is 1. The fourth-order valence-electron chi connectivity index (χ4n) is 1.62. The van der Waals surface area contributed by atoms with E-state index in [1.165, 1.54) is 10.1 Å². The van der Waals surface area contributed by atoms with E-state index in [4.69, 9.17) is 5.73 Å². The Morgan fingerprint density at radius 2 is 2.19 bits per heavy atom. The minimum absolute atomic E-state index is 0.686. The molecule has 2 heterocycles. The summed E-state index contributed by atoms with van der Waals surface area (Å²) >= 11 is 5.17. The van der Waals surface area contributed by atoms with Crippen molar-refractivity contribution in [1.29, 1.82) is 0 Å². The van der Waals surface area contributed by atoms with Crippen molar-refractivity contribution in [2.75, 3.05) is 5.73 Å². The average molecular weight is 294 g/mol. The number of aromatic amines is 1. The van der Waals surface area contributed by atoms with Gasteiger partial charge in [-0.15, -0.1) is 11.3 Å². The fraction of sp³-hybridized carbons (Fsp3) is 0. The molecule has 0 saturated carbocycles. The maximum atomic E-state index is 5.83. The Morgan fingerprint density at radius 3 is 2.94 bits per heavy atom. The average Bonchev–Trinajstić information content (AvgIpc) is 2.82. The summed E-state index contributed by atoms with van der Waals surface area (Å²) in [5.41, 5.74) is 7.41. The third-order valence-electron chi connectivity index (χ3n) is 2.40. The van der Waals surface area contributed by atoms with Crippen LogP contribution in [0.2, 0.25) is 0 Å². The normalized spacial score (nSPS) is 11.1. The monoisotopic (exact) mass is 293 g/mol. The van der Waals surface area contributed by atoms with E-state index in [0.29, 0.717) is 5.69 Å². The van der Waals surface area contributed by atoms with Crippen LogP contribution < -0.4 is 5.73 Å². The molecule has 5 heteroatoms. The Kier molecular flexibility index (Phi) is 2.22. The molecule has 0 atom stereocenters. The number of hydrogen-bond donors (Lipinski definition) is 2. The first-order valence-electron chi connectivity index (χ1n) is 4.72. The number of H-pyrrole nitrogens is 1. The molecule has 0 aliphatic carbocycles. The first kappa shape index (κ1) is 9.86. The molecule has 80 valence electrons. The molecule has 0 fully saturated rings. The standard InChI is InChI=1S/C11H8BrN3S/c12-7-2-1-6-3-10(16-9(6)4-7)11-8(13)5-14-15-11/h1-5H,13H2,(H,14,15). The Bertz CT molecular complexity index is 656. The lowest BCUT2D eigenvalue weighted by Gasteiger charge is -1.91. The molecular weight excluding hydrogens is 286 g/mol. The van der Waals surface area contributed by atoms with Gasteiger partial charge in [-0.1, -0.05) is 22.0 Å². The van der Waals surface area contributed by atoms with Gasteiger partial charge in [0.2, 0.25) is 0 Å². The molecule has 3 rings (SSSR count). The highest BCUT2D eigenvalue weighted by Gasteiger charge is 2.08. The van der Waals surface area contributed by atoms with Gasteiger partial charge in [0.15, 0.2) is 0 Å². The number of fused-ring (bicyclic) bond motifs is 1. The third kappa shape index (κ3) is 1.52. The number of halogens is 1. The van der Waals surface area contributed by atoms with E-state index in [1.807, 2.05) is 6.07 Å². The number of rotatable bonds is 1. The molecule has 2 aromatic heterocycles. The summed E-state index contributed by atoms with van der Waals surface area (Å²) in [6.45, 7) is 0. The smallest absolute Gasteiger partial charge is 0.0980 e. The third-order valence-corrected chi connectivity index (χ3v) is 4.01. The first-order valence-corrected chi connectivity index (χ1v) is 6.33. The van der Waals surface area contributed by atoms with E-state index in [-0.39, 0.29) is 0 Å². The molecule has 0 aliphatic rings. The van der Waals surface area contributed by atoms with Gasteiger partial charge in [0.1, 0.15) is 0 Å². The zero-order valence-corrected chi connectivity index (χ0v) is 10.6. The molecule has 3 N–H and O–H groups in total. The van der Waals surface area contributed by atoms with Gasteiger partial charge >= 0.3 is 0 Å². The van der Waals surface area contributed by atoms with Gasteiger partial charge in [0, 0.05) is 9.17 Å². The van der Waals surface area contributed by atoms with Gasteiger partial charge < -0.3 is 5.73 Å². The van der Waals surface area contributed by atoms with E-state index in [1.54, 1.807) is 17.5 Å². The van der Waals surface area contributed by atoms with Crippen molar-refractivity contribution in [2.24, 2.45) is 0 Å². The van der Waals surface area contributed by atoms with Crippen LogP contribution in [0.25, 0.3) is 20.7 Å². The summed E-state index contributed by atoms with van der Waals surface area (Å²) in [4.78, 5) is 1.11. The van der Waals surface area contributed by atoms with Gasteiger partial charge in [0.25, 0.3) is 0 Å². The number of thiophene rings is 1. The molecular formula is C11H8BrN3S. The van der Waals surface area contributed by atoms with Crippen LogP contribution in [0.5, 0.6) is 0 Å². The van der Waals surface area contributed by atoms with Gasteiger partial charge in [-0.25, -0.2) is 0 Å². The number of aromatic nitrogens is 2. The van der Waals surface area contributed by atoms with Crippen LogP contribution in [0, 0.1) is 0 Å². The first-order chi connectivity index (χ1) is 7.74. The predicted octanol–water partition coefficient (Wildman–Crippen LogP) is 3.64. The summed E-state index contributed by atoms with van der Waals surface area (Å²) in [7, 11) is 0. The number of nitrogens with zero attached hydrogens (tertiary/aromatic N) is 1. The van der Waals surface area contributed by atoms with Crippen molar-refractivity contribution in [3.8, 4) is 10.6 Å². The van der Waals surface area contributed by atoms with Crippen LogP contribution in [0.1, 0.15) is 0 Å². The largest absolute Gasteiger partial charge is 0.396 e. The molecule has 0 bridgehead atoms. The molecule has 0 spiro atoms. The molecule has 3 nitrogen and oxygen atoms in total. The van der Waals surface area contributed by atoms with Crippen LogP contribution in [-0.2, 0) is 0 Å². The van der Waals surface area contributed by atoms with Crippen molar-refractivity contribution in [3.63, 3.8) is 0 Å². The maximum Gasteiger partial charge on any atom is 0.0980 e. The minimum atomic E-state index is 0.686. The number of anilines is 1. The summed E-state index contributed by atoms with van der Waals surface area (Å²) in [6.07, 6.45) is 1.63. The van der Waals surface area contributed by atoms with Crippen LogP contribution in [-0.4, -0.2) is 10.2 Å². The van der Waals surface area contributed by atoms with E-state index in [9.17, 15) is 0 Å². The van der Waals surface area contributed by atoms with Crippen LogP contribution in [0.3, 0.4) is 0 Å². The number of benzene rings is 1. The fourth-order valence-corrected chi connectivity index (χ4v) is 3.25. The lowest BCUT2D eigenvalue weighted by molar-refractivity contribution is 1.10. The van der Waals surface area contributed by atoms with Crippen molar-refractivity contribution >= 4 is 43.0 Å². The van der Waals surface area contributed by atoms with Crippen LogP contribution in [0.15, 0.2) is 34.9 Å². The van der Waals surface area contributed by atoms with Gasteiger partial charge in [-0.2, -0.15) is 5.10 Å². The topological polar surface area (TPSA) is 54.7 Å². The van der Waals surface area contributed by atoms with Crippen LogP contribution >= 0.6 is 27.3 Å². The SMILES string of the molecule is Nc1cn[nH]c1-c1cc2ccc(Br)cc2s1. The zero-order chi connectivity index (χ0) is 11.1. The van der Waals surface area contributed by atoms with Crippen LogP contribution in [0.4, 0.5) is 5.69 Å². The highest BCUT2D eigenvalue weighted by atomic mass is 79.9. The summed E-state index contributed by atoms with van der Waals surface area (Å²) < 4.78 is 2.32. The van der Waals surface area contributed by atoms with E-state index in [2.05, 4.69) is 44.3 Å². The molecule has 0 radical (unpaired) electrons. The van der Waals surface area contributed by atoms with E-state index in [0.717, 1.165) is 15.0 Å². The van der Waals surface area contributed by atoms with Crippen molar-refractivity contribution in [1.82, 2.24) is 10.2 Å². The number of nitrogens with two attached hydrogens (primary N) is 1. The Morgan fingerprint density at radius 1 is 1.31 bits per heavy atom. The Balaban J connectivity index is 2.23. The predicted molar refractivity (Wildman–Crippen MR) is 71.5 cm³/mol. The van der Waals surface area contributed by atoms with Crippen molar-refractivity contribution < 1.29 is 0 Å². The number of nitrogen functional groups attached to an aromatic ring is 1. The summed E-state index contributed by atoms with van der Waals surface area (Å²) in [5, 5.41) is 8.07. The minimum Gasteiger partial charge on any atom is -0.396 e. The Labute approximate surface area is 104 Å². The molecule has 16 heavy (non-hydrogen) atoms. The summed E-state index contributed by atoms with van der Waals surface area (Å²) in [5.74, 6) is 0. The molecule has 3 aromatic rings. The van der Waals surface area contributed by atoms with Gasteiger partial charge in [0.05, 0.1) is 22.5 Å². The van der Waals surface area contributed by atoms with Gasteiger partial charge in [-0.3, -0.25) is 5.10 Å². The second-order valence-electron chi connectivity index (χ2n) is 3.49. The molecule has 1 aromatic carbocycles. The lowest BCUT2D eigenvalue weighted by Crippen LogP contribution is -1.83. The second-order valence-corrected chi connectivity index (χ2v) is 5.49. The highest BCUT2D eigenvalue weighted by molar-refractivity contribution is 9.10. The number of hydrogen-bond acceptors (Lipinski definition) is 3. The molecule has 0 aliphatic heterocycles.